The van der Waals surface area contributed by atoms with Crippen LogP contribution in [0.15, 0.2) is 18.2 Å². The maximum absolute atomic E-state index is 9.15. The van der Waals surface area contributed by atoms with Gasteiger partial charge in [-0.15, -0.1) is 0 Å². The Labute approximate surface area is 113 Å². The van der Waals surface area contributed by atoms with E-state index in [0.29, 0.717) is 22.5 Å². The minimum absolute atomic E-state index is 0.409. The van der Waals surface area contributed by atoms with Crippen molar-refractivity contribution < 1.29 is 0 Å². The molecule has 0 spiro atoms. The monoisotopic (exact) mass is 263 g/mol. The van der Waals surface area contributed by atoms with E-state index < -0.39 is 0 Å². The van der Waals surface area contributed by atoms with Crippen LogP contribution in [0.4, 0.5) is 5.69 Å². The number of benzene rings is 1. The number of piperidine rings is 1. The number of nitriles is 1. The van der Waals surface area contributed by atoms with Crippen molar-refractivity contribution in [3.63, 3.8) is 0 Å². The van der Waals surface area contributed by atoms with Crippen LogP contribution in [0.2, 0.25) is 5.02 Å². The molecule has 1 heterocycles. The number of nitrogens with one attached hydrogen (secondary N) is 1. The molecular formula is C14H18ClN3. The maximum Gasteiger partial charge on any atom is 0.103 e. The lowest BCUT2D eigenvalue weighted by atomic mass is 9.93. The van der Waals surface area contributed by atoms with Gasteiger partial charge in [0.05, 0.1) is 16.3 Å². The van der Waals surface area contributed by atoms with Gasteiger partial charge >= 0.3 is 0 Å². The van der Waals surface area contributed by atoms with Crippen molar-refractivity contribution >= 4 is 17.3 Å². The van der Waals surface area contributed by atoms with Gasteiger partial charge in [0, 0.05) is 12.6 Å². The molecule has 4 heteroatoms. The Morgan fingerprint density at radius 3 is 2.94 bits per heavy atom. The highest BCUT2D eigenvalue weighted by Crippen LogP contribution is 2.27. The van der Waals surface area contributed by atoms with E-state index in [4.69, 9.17) is 16.9 Å². The van der Waals surface area contributed by atoms with E-state index in [1.165, 1.54) is 0 Å². The molecule has 0 saturated carbocycles. The summed E-state index contributed by atoms with van der Waals surface area (Å²) in [6, 6.07) is 8.14. The van der Waals surface area contributed by atoms with E-state index in [1.54, 1.807) is 6.07 Å². The summed E-state index contributed by atoms with van der Waals surface area (Å²) < 4.78 is 0. The second-order valence-corrected chi connectivity index (χ2v) is 5.46. The summed E-state index contributed by atoms with van der Waals surface area (Å²) in [4.78, 5) is 2.34. The Kier molecular flexibility index (Phi) is 4.11. The summed E-state index contributed by atoms with van der Waals surface area (Å²) in [7, 11) is 2.15. The third-order valence-electron chi connectivity index (χ3n) is 3.57. The van der Waals surface area contributed by atoms with Crippen LogP contribution < -0.4 is 5.32 Å². The number of hydrogen-bond acceptors (Lipinski definition) is 3. The lowest BCUT2D eigenvalue weighted by molar-refractivity contribution is 0.206. The van der Waals surface area contributed by atoms with Gasteiger partial charge in [0.15, 0.2) is 0 Å². The highest BCUT2D eigenvalue weighted by Gasteiger charge is 2.24. The largest absolute Gasteiger partial charge is 0.381 e. The van der Waals surface area contributed by atoms with Crippen LogP contribution in [0, 0.1) is 17.2 Å². The molecule has 1 aliphatic rings. The molecule has 2 rings (SSSR count). The average Bonchev–Trinajstić information content (AvgIpc) is 2.33. The van der Waals surface area contributed by atoms with Crippen LogP contribution in [0.3, 0.4) is 0 Å². The topological polar surface area (TPSA) is 39.1 Å². The Morgan fingerprint density at radius 2 is 2.28 bits per heavy atom. The molecule has 96 valence electrons. The molecule has 0 aromatic heterocycles. The van der Waals surface area contributed by atoms with Gasteiger partial charge in [0.2, 0.25) is 0 Å². The molecule has 18 heavy (non-hydrogen) atoms. The van der Waals surface area contributed by atoms with E-state index in [-0.39, 0.29) is 0 Å². The molecule has 1 fully saturated rings. The molecular weight excluding hydrogens is 246 g/mol. The maximum atomic E-state index is 9.15. The predicted molar refractivity (Wildman–Crippen MR) is 74.9 cm³/mol. The smallest absolute Gasteiger partial charge is 0.103 e. The van der Waals surface area contributed by atoms with Gasteiger partial charge in [-0.05, 0) is 38.1 Å². The summed E-state index contributed by atoms with van der Waals surface area (Å²) in [5.41, 5.74) is 1.40. The van der Waals surface area contributed by atoms with E-state index >= 15 is 0 Å². The minimum atomic E-state index is 0.409. The number of hydrogen-bond donors (Lipinski definition) is 1. The van der Waals surface area contributed by atoms with Crippen molar-refractivity contribution in [1.29, 1.82) is 5.26 Å². The molecule has 2 unspecified atom stereocenters. The van der Waals surface area contributed by atoms with Crippen molar-refractivity contribution in [3.05, 3.63) is 28.8 Å². The normalized spacial score (nSPS) is 24.6. The molecule has 0 aliphatic carbocycles. The predicted octanol–water partition coefficient (Wildman–Crippen LogP) is 2.96. The molecule has 1 saturated heterocycles. The first-order chi connectivity index (χ1) is 8.61. The van der Waals surface area contributed by atoms with Gasteiger partial charge in [-0.3, -0.25) is 0 Å². The molecule has 0 amide bonds. The third kappa shape index (κ3) is 2.77. The van der Waals surface area contributed by atoms with Crippen LogP contribution in [0.25, 0.3) is 0 Å². The molecule has 1 N–H and O–H groups in total. The second-order valence-electron chi connectivity index (χ2n) is 5.05. The van der Waals surface area contributed by atoms with Crippen molar-refractivity contribution in [2.45, 2.75) is 19.4 Å². The summed E-state index contributed by atoms with van der Waals surface area (Å²) in [5, 5.41) is 13.1. The third-order valence-corrected chi connectivity index (χ3v) is 3.89. The van der Waals surface area contributed by atoms with E-state index in [9.17, 15) is 0 Å². The van der Waals surface area contributed by atoms with Crippen LogP contribution in [0.5, 0.6) is 0 Å². The Balaban J connectivity index is 2.15. The number of nitrogens with zero attached hydrogens (tertiary/aromatic N) is 2. The molecule has 1 aromatic rings. The van der Waals surface area contributed by atoms with Gasteiger partial charge in [-0.2, -0.15) is 5.26 Å². The quantitative estimate of drug-likeness (QED) is 0.892. The number of halogens is 1. The van der Waals surface area contributed by atoms with Crippen molar-refractivity contribution in [2.75, 3.05) is 25.5 Å². The highest BCUT2D eigenvalue weighted by atomic mass is 35.5. The summed E-state index contributed by atoms with van der Waals surface area (Å²) in [5.74, 6) is 0.564. The SMILES string of the molecule is CC1CN(C)CCC1Nc1cccc(Cl)c1C#N. The fourth-order valence-electron chi connectivity index (χ4n) is 2.53. The lowest BCUT2D eigenvalue weighted by Gasteiger charge is -2.36. The van der Waals surface area contributed by atoms with Crippen molar-refractivity contribution in [3.8, 4) is 6.07 Å². The highest BCUT2D eigenvalue weighted by molar-refractivity contribution is 6.32. The fourth-order valence-corrected chi connectivity index (χ4v) is 2.74. The van der Waals surface area contributed by atoms with E-state index in [1.807, 2.05) is 12.1 Å². The summed E-state index contributed by atoms with van der Waals surface area (Å²) in [6.07, 6.45) is 1.09. The average molecular weight is 264 g/mol. The zero-order valence-corrected chi connectivity index (χ0v) is 11.5. The lowest BCUT2D eigenvalue weighted by Crippen LogP contribution is -2.43. The Morgan fingerprint density at radius 1 is 1.50 bits per heavy atom. The van der Waals surface area contributed by atoms with Gasteiger partial charge in [0.1, 0.15) is 6.07 Å². The van der Waals surface area contributed by atoms with Gasteiger partial charge in [0.25, 0.3) is 0 Å². The van der Waals surface area contributed by atoms with Crippen LogP contribution in [0.1, 0.15) is 18.9 Å². The molecule has 1 aliphatic heterocycles. The van der Waals surface area contributed by atoms with Gasteiger partial charge < -0.3 is 10.2 Å². The first-order valence-corrected chi connectivity index (χ1v) is 6.63. The minimum Gasteiger partial charge on any atom is -0.381 e. The first kappa shape index (κ1) is 13.2. The van der Waals surface area contributed by atoms with Crippen LogP contribution in [-0.2, 0) is 0 Å². The molecule has 1 aromatic carbocycles. The zero-order chi connectivity index (χ0) is 13.1. The number of rotatable bonds is 2. The fraction of sp³-hybridized carbons (Fsp3) is 0.500. The van der Waals surface area contributed by atoms with E-state index in [2.05, 4.69) is 30.3 Å². The summed E-state index contributed by atoms with van der Waals surface area (Å²) >= 11 is 6.04. The summed E-state index contributed by atoms with van der Waals surface area (Å²) in [6.45, 7) is 4.41. The standard InChI is InChI=1S/C14H18ClN3/c1-10-9-18(2)7-6-13(10)17-14-5-3-4-12(15)11(14)8-16/h3-5,10,13,17H,6-7,9H2,1-2H3. The van der Waals surface area contributed by atoms with Crippen molar-refractivity contribution in [1.82, 2.24) is 4.90 Å². The van der Waals surface area contributed by atoms with E-state index in [0.717, 1.165) is 25.2 Å². The van der Waals surface area contributed by atoms with Crippen LogP contribution in [-0.4, -0.2) is 31.1 Å². The zero-order valence-electron chi connectivity index (χ0n) is 10.8. The molecule has 0 bridgehead atoms. The molecule has 3 nitrogen and oxygen atoms in total. The van der Waals surface area contributed by atoms with Crippen molar-refractivity contribution in [2.24, 2.45) is 5.92 Å². The molecule has 0 radical (unpaired) electrons. The molecule has 2 atom stereocenters. The number of likely N-dealkylation sites (tertiary alicyclic amines) is 1. The Hall–Kier alpha value is -1.24. The second kappa shape index (κ2) is 5.60. The van der Waals surface area contributed by atoms with Crippen LogP contribution >= 0.6 is 11.6 Å². The number of anilines is 1. The van der Waals surface area contributed by atoms with Gasteiger partial charge in [-0.1, -0.05) is 24.6 Å². The van der Waals surface area contributed by atoms with Gasteiger partial charge in [-0.25, -0.2) is 0 Å². The Bertz CT molecular complexity index is 467. The first-order valence-electron chi connectivity index (χ1n) is 6.25.